The van der Waals surface area contributed by atoms with Gasteiger partial charge in [-0.15, -0.1) is 0 Å². The van der Waals surface area contributed by atoms with Gasteiger partial charge in [0.05, 0.1) is 11.6 Å². The molecule has 8 heteroatoms. The molecule has 4 bridgehead atoms. The first-order valence-corrected chi connectivity index (χ1v) is 11.8. The van der Waals surface area contributed by atoms with E-state index in [0.717, 1.165) is 69.1 Å². The SMILES string of the molecule is N#CC1(NC(=O)CN2C(=O)C(=O)N(C34CC5CC(CC(C5)C3)C4)C2=O)CCCCCC1. The molecule has 5 amide bonds. The minimum Gasteiger partial charge on any atom is -0.336 e. The van der Waals surface area contributed by atoms with Gasteiger partial charge in [-0.3, -0.25) is 14.4 Å². The van der Waals surface area contributed by atoms with Crippen molar-refractivity contribution in [2.75, 3.05) is 6.54 Å². The minimum atomic E-state index is -0.955. The van der Waals surface area contributed by atoms with Crippen LogP contribution in [0, 0.1) is 29.1 Å². The Morgan fingerprint density at radius 3 is 2.00 bits per heavy atom. The third-order valence-electron chi connectivity index (χ3n) is 8.39. The smallest absolute Gasteiger partial charge is 0.335 e. The molecule has 1 heterocycles. The van der Waals surface area contributed by atoms with Gasteiger partial charge in [-0.2, -0.15) is 5.26 Å². The lowest BCUT2D eigenvalue weighted by Crippen LogP contribution is -2.62. The number of carbonyl (C=O) groups excluding carboxylic acids is 4. The Balaban J connectivity index is 1.31. The van der Waals surface area contributed by atoms with Crippen LogP contribution in [-0.4, -0.2) is 51.2 Å². The summed E-state index contributed by atoms with van der Waals surface area (Å²) < 4.78 is 0. The first-order chi connectivity index (χ1) is 14.8. The second kappa shape index (κ2) is 7.32. The van der Waals surface area contributed by atoms with E-state index in [2.05, 4.69) is 11.4 Å². The van der Waals surface area contributed by atoms with E-state index < -0.39 is 41.4 Å². The lowest BCUT2D eigenvalue weighted by Gasteiger charge is -2.58. The maximum absolute atomic E-state index is 13.2. The monoisotopic (exact) mass is 426 g/mol. The van der Waals surface area contributed by atoms with Gasteiger partial charge in [0.2, 0.25) is 5.91 Å². The molecular weight excluding hydrogens is 396 g/mol. The van der Waals surface area contributed by atoms with Crippen LogP contribution in [0.3, 0.4) is 0 Å². The number of imide groups is 2. The lowest BCUT2D eigenvalue weighted by atomic mass is 9.52. The summed E-state index contributed by atoms with van der Waals surface area (Å²) in [6.45, 7) is -0.504. The van der Waals surface area contributed by atoms with Crippen molar-refractivity contribution in [3.63, 3.8) is 0 Å². The molecule has 0 aromatic heterocycles. The van der Waals surface area contributed by atoms with E-state index in [9.17, 15) is 24.4 Å². The van der Waals surface area contributed by atoms with E-state index >= 15 is 0 Å². The largest absolute Gasteiger partial charge is 0.336 e. The highest BCUT2D eigenvalue weighted by Gasteiger charge is 2.61. The molecule has 1 saturated heterocycles. The van der Waals surface area contributed by atoms with Crippen LogP contribution in [-0.2, 0) is 14.4 Å². The van der Waals surface area contributed by atoms with Gasteiger partial charge >= 0.3 is 17.8 Å². The van der Waals surface area contributed by atoms with Crippen LogP contribution in [0.25, 0.3) is 0 Å². The van der Waals surface area contributed by atoms with Crippen LogP contribution in [0.2, 0.25) is 0 Å². The Morgan fingerprint density at radius 1 is 0.935 bits per heavy atom. The van der Waals surface area contributed by atoms with E-state index in [0.29, 0.717) is 30.6 Å². The van der Waals surface area contributed by atoms with Crippen molar-refractivity contribution in [2.24, 2.45) is 17.8 Å². The number of nitrogens with zero attached hydrogens (tertiary/aromatic N) is 3. The number of carbonyl (C=O) groups is 4. The van der Waals surface area contributed by atoms with Crippen LogP contribution in [0.1, 0.15) is 77.0 Å². The average molecular weight is 427 g/mol. The van der Waals surface area contributed by atoms with Gasteiger partial charge in [-0.05, 0) is 69.1 Å². The van der Waals surface area contributed by atoms with Gasteiger partial charge in [-0.1, -0.05) is 25.7 Å². The first kappa shape index (κ1) is 20.5. The predicted molar refractivity (Wildman–Crippen MR) is 109 cm³/mol. The van der Waals surface area contributed by atoms with Crippen molar-refractivity contribution >= 4 is 23.8 Å². The quantitative estimate of drug-likeness (QED) is 0.422. The standard InChI is InChI=1S/C23H30N4O4/c24-14-22(5-3-1-2-4-6-22)25-18(28)13-26-19(29)20(30)27(21(26)31)23-10-15-7-16(11-23)9-17(8-15)12-23/h15-17H,1-13H2,(H,25,28). The summed E-state index contributed by atoms with van der Waals surface area (Å²) in [4.78, 5) is 53.6. The van der Waals surface area contributed by atoms with Crippen molar-refractivity contribution in [3.05, 3.63) is 0 Å². The normalized spacial score (nSPS) is 36.5. The summed E-state index contributed by atoms with van der Waals surface area (Å²) in [7, 11) is 0. The molecule has 1 N–H and O–H groups in total. The molecule has 5 saturated carbocycles. The molecule has 0 radical (unpaired) electrons. The molecule has 6 rings (SSSR count). The maximum atomic E-state index is 13.2. The first-order valence-electron chi connectivity index (χ1n) is 11.8. The molecule has 8 nitrogen and oxygen atoms in total. The number of amides is 5. The summed E-state index contributed by atoms with van der Waals surface area (Å²) in [6, 6.07) is 1.59. The van der Waals surface area contributed by atoms with E-state index in [4.69, 9.17) is 0 Å². The van der Waals surface area contributed by atoms with Crippen LogP contribution in [0.15, 0.2) is 0 Å². The van der Waals surface area contributed by atoms with Gasteiger partial charge in [0.1, 0.15) is 12.1 Å². The molecule has 6 aliphatic rings. The molecule has 6 fully saturated rings. The van der Waals surface area contributed by atoms with Gasteiger partial charge in [0, 0.05) is 0 Å². The number of rotatable bonds is 4. The van der Waals surface area contributed by atoms with Crippen LogP contribution in [0.5, 0.6) is 0 Å². The molecule has 5 aliphatic carbocycles. The lowest BCUT2D eigenvalue weighted by molar-refractivity contribution is -0.150. The summed E-state index contributed by atoms with van der Waals surface area (Å²) in [5, 5.41) is 12.5. The number of hydrogen-bond acceptors (Lipinski definition) is 5. The highest BCUT2D eigenvalue weighted by molar-refractivity contribution is 6.45. The second-order valence-electron chi connectivity index (χ2n) is 10.6. The molecule has 0 spiro atoms. The number of urea groups is 1. The Kier molecular flexibility index (Phi) is 4.83. The van der Waals surface area contributed by atoms with Gasteiger partial charge in [-0.25, -0.2) is 14.6 Å². The fraction of sp³-hybridized carbons (Fsp3) is 0.783. The molecule has 0 aromatic rings. The Labute approximate surface area is 182 Å². The summed E-state index contributed by atoms with van der Waals surface area (Å²) in [5.74, 6) is -0.697. The molecular formula is C23H30N4O4. The average Bonchev–Trinajstić information content (AvgIpc) is 2.88. The zero-order valence-corrected chi connectivity index (χ0v) is 17.9. The zero-order valence-electron chi connectivity index (χ0n) is 17.9. The minimum absolute atomic E-state index is 0.504. The molecule has 31 heavy (non-hydrogen) atoms. The molecule has 0 aromatic carbocycles. The summed E-state index contributed by atoms with van der Waals surface area (Å²) in [5.41, 5.74) is -1.51. The van der Waals surface area contributed by atoms with Crippen molar-refractivity contribution in [2.45, 2.75) is 88.1 Å². The van der Waals surface area contributed by atoms with E-state index in [-0.39, 0.29) is 0 Å². The van der Waals surface area contributed by atoms with Gasteiger partial charge in [0.15, 0.2) is 0 Å². The Morgan fingerprint density at radius 2 is 1.48 bits per heavy atom. The second-order valence-corrected chi connectivity index (χ2v) is 10.6. The van der Waals surface area contributed by atoms with Crippen molar-refractivity contribution in [1.29, 1.82) is 5.26 Å². The number of hydrogen-bond donors (Lipinski definition) is 1. The van der Waals surface area contributed by atoms with E-state index in [1.54, 1.807) is 0 Å². The third-order valence-corrected chi connectivity index (χ3v) is 8.39. The third kappa shape index (κ3) is 3.33. The van der Waals surface area contributed by atoms with Gasteiger partial charge in [0.25, 0.3) is 0 Å². The summed E-state index contributed by atoms with van der Waals surface area (Å²) >= 11 is 0. The summed E-state index contributed by atoms with van der Waals surface area (Å²) in [6.07, 6.45) is 10.7. The highest BCUT2D eigenvalue weighted by Crippen LogP contribution is 2.58. The van der Waals surface area contributed by atoms with E-state index in [1.807, 2.05) is 0 Å². The highest BCUT2D eigenvalue weighted by atomic mass is 16.2. The fourth-order valence-corrected chi connectivity index (χ4v) is 7.45. The zero-order chi connectivity index (χ0) is 21.8. The van der Waals surface area contributed by atoms with Crippen LogP contribution in [0.4, 0.5) is 4.79 Å². The number of nitriles is 1. The van der Waals surface area contributed by atoms with Crippen molar-refractivity contribution < 1.29 is 19.2 Å². The molecule has 0 unspecified atom stereocenters. The maximum Gasteiger partial charge on any atom is 0.335 e. The molecule has 0 atom stereocenters. The molecule has 1 aliphatic heterocycles. The molecule has 166 valence electrons. The Bertz CT molecular complexity index is 832. The fourth-order valence-electron chi connectivity index (χ4n) is 7.45. The predicted octanol–water partition coefficient (Wildman–Crippen LogP) is 2.48. The Hall–Kier alpha value is -2.43. The van der Waals surface area contributed by atoms with Crippen LogP contribution >= 0.6 is 0 Å². The topological polar surface area (TPSA) is 111 Å². The van der Waals surface area contributed by atoms with Crippen LogP contribution < -0.4 is 5.32 Å². The van der Waals surface area contributed by atoms with E-state index in [1.165, 1.54) is 4.90 Å². The van der Waals surface area contributed by atoms with Crippen molar-refractivity contribution in [3.8, 4) is 6.07 Å². The van der Waals surface area contributed by atoms with Crippen molar-refractivity contribution in [1.82, 2.24) is 15.1 Å². The van der Waals surface area contributed by atoms with Gasteiger partial charge < -0.3 is 5.32 Å². The number of nitrogens with one attached hydrogen (secondary N) is 1.